The quantitative estimate of drug-likeness (QED) is 0.471. The van der Waals surface area contributed by atoms with Crippen molar-refractivity contribution in [3.8, 4) is 0 Å². The minimum absolute atomic E-state index is 0.988. The highest BCUT2D eigenvalue weighted by molar-refractivity contribution is 5.93. The Kier molecular flexibility index (Phi) is 5.18. The largest absolute Gasteiger partial charge is 0.290 e. The summed E-state index contributed by atoms with van der Waals surface area (Å²) in [5.74, 6) is 0. The van der Waals surface area contributed by atoms with Crippen LogP contribution >= 0.6 is 0 Å². The molecule has 0 N–H and O–H groups in total. The van der Waals surface area contributed by atoms with Gasteiger partial charge in [-0.15, -0.1) is 0 Å². The first-order chi connectivity index (χ1) is 4.39. The van der Waals surface area contributed by atoms with Crippen LogP contribution in [0.2, 0.25) is 0 Å². The standard InChI is InChI=1S/C6H9N.C2H6/c1-6-4-2-3-5-7-6;1-2/h2,4H,3,5H2,1H3;1-2H3. The fraction of sp³-hybridized carbons (Fsp3) is 0.625. The van der Waals surface area contributed by atoms with Crippen molar-refractivity contribution in [3.05, 3.63) is 12.2 Å². The van der Waals surface area contributed by atoms with Gasteiger partial charge in [-0.1, -0.05) is 19.9 Å². The molecular weight excluding hydrogens is 110 g/mol. The van der Waals surface area contributed by atoms with E-state index < -0.39 is 0 Å². The summed E-state index contributed by atoms with van der Waals surface area (Å²) in [6.45, 7) is 7.01. The molecule has 1 aliphatic rings. The summed E-state index contributed by atoms with van der Waals surface area (Å²) in [6, 6.07) is 0. The maximum absolute atomic E-state index is 4.16. The Balaban J connectivity index is 0.000000291. The molecule has 1 heterocycles. The number of dihydropyridines is 1. The van der Waals surface area contributed by atoms with Crippen molar-refractivity contribution in [2.75, 3.05) is 6.54 Å². The highest BCUT2D eigenvalue weighted by atomic mass is 14.7. The monoisotopic (exact) mass is 125 g/mol. The van der Waals surface area contributed by atoms with Gasteiger partial charge in [0.2, 0.25) is 0 Å². The molecule has 0 saturated carbocycles. The zero-order valence-corrected chi connectivity index (χ0v) is 6.52. The summed E-state index contributed by atoms with van der Waals surface area (Å²) in [6.07, 6.45) is 5.34. The SMILES string of the molecule is CC.CC1=NCCC=C1. The average Bonchev–Trinajstić information content (AvgIpc) is 1.94. The minimum atomic E-state index is 0.988. The van der Waals surface area contributed by atoms with Crippen molar-refractivity contribution in [1.82, 2.24) is 0 Å². The molecule has 1 aliphatic heterocycles. The van der Waals surface area contributed by atoms with Gasteiger partial charge in [-0.2, -0.15) is 0 Å². The van der Waals surface area contributed by atoms with E-state index in [1.54, 1.807) is 0 Å². The van der Waals surface area contributed by atoms with Crippen LogP contribution in [0.5, 0.6) is 0 Å². The Morgan fingerprint density at radius 1 is 1.44 bits per heavy atom. The lowest BCUT2D eigenvalue weighted by molar-refractivity contribution is 0.992. The van der Waals surface area contributed by atoms with Crippen LogP contribution in [-0.2, 0) is 0 Å². The van der Waals surface area contributed by atoms with Gasteiger partial charge in [-0.25, -0.2) is 0 Å². The van der Waals surface area contributed by atoms with Crippen LogP contribution in [0.15, 0.2) is 17.1 Å². The van der Waals surface area contributed by atoms with Crippen LogP contribution in [0, 0.1) is 0 Å². The molecule has 0 radical (unpaired) electrons. The second-order valence-electron chi connectivity index (χ2n) is 1.71. The molecule has 0 unspecified atom stereocenters. The maximum Gasteiger partial charge on any atom is 0.0427 e. The molecular formula is C8H15N. The second-order valence-corrected chi connectivity index (χ2v) is 1.71. The summed E-state index contributed by atoms with van der Waals surface area (Å²) in [5.41, 5.74) is 1.16. The number of rotatable bonds is 0. The highest BCUT2D eigenvalue weighted by Gasteiger charge is 1.87. The minimum Gasteiger partial charge on any atom is -0.290 e. The van der Waals surface area contributed by atoms with Gasteiger partial charge in [-0.05, 0) is 19.4 Å². The van der Waals surface area contributed by atoms with Gasteiger partial charge in [0.15, 0.2) is 0 Å². The van der Waals surface area contributed by atoms with Crippen LogP contribution in [0.25, 0.3) is 0 Å². The Morgan fingerprint density at radius 2 is 2.11 bits per heavy atom. The smallest absolute Gasteiger partial charge is 0.0427 e. The summed E-state index contributed by atoms with van der Waals surface area (Å²) in [7, 11) is 0. The van der Waals surface area contributed by atoms with Gasteiger partial charge in [0.05, 0.1) is 0 Å². The predicted molar refractivity (Wildman–Crippen MR) is 43.1 cm³/mol. The third kappa shape index (κ3) is 3.95. The number of aliphatic imine (C=N–C) groups is 1. The molecule has 0 bridgehead atoms. The molecule has 0 saturated heterocycles. The molecule has 0 atom stereocenters. The Bertz CT molecular complexity index is 112. The first-order valence-corrected chi connectivity index (χ1v) is 3.57. The van der Waals surface area contributed by atoms with Crippen molar-refractivity contribution < 1.29 is 0 Å². The van der Waals surface area contributed by atoms with E-state index >= 15 is 0 Å². The number of nitrogens with zero attached hydrogens (tertiary/aromatic N) is 1. The van der Waals surface area contributed by atoms with E-state index in [2.05, 4.69) is 17.1 Å². The number of hydrogen-bond donors (Lipinski definition) is 0. The summed E-state index contributed by atoms with van der Waals surface area (Å²) >= 11 is 0. The van der Waals surface area contributed by atoms with Gasteiger partial charge >= 0.3 is 0 Å². The molecule has 0 fully saturated rings. The van der Waals surface area contributed by atoms with Gasteiger partial charge in [-0.3, -0.25) is 4.99 Å². The molecule has 0 aromatic heterocycles. The third-order valence-corrected chi connectivity index (χ3v) is 1.02. The Hall–Kier alpha value is -0.590. The molecule has 0 amide bonds. The number of hydrogen-bond acceptors (Lipinski definition) is 1. The van der Waals surface area contributed by atoms with E-state index in [0.29, 0.717) is 0 Å². The Morgan fingerprint density at radius 3 is 2.33 bits per heavy atom. The van der Waals surface area contributed by atoms with Gasteiger partial charge in [0.25, 0.3) is 0 Å². The average molecular weight is 125 g/mol. The molecule has 1 nitrogen and oxygen atoms in total. The molecule has 0 aliphatic carbocycles. The molecule has 1 heteroatoms. The zero-order valence-electron chi connectivity index (χ0n) is 6.52. The van der Waals surface area contributed by atoms with Crippen molar-refractivity contribution in [3.63, 3.8) is 0 Å². The van der Waals surface area contributed by atoms with Crippen molar-refractivity contribution in [1.29, 1.82) is 0 Å². The zero-order chi connectivity index (χ0) is 7.11. The molecule has 0 aromatic carbocycles. The van der Waals surface area contributed by atoms with E-state index in [0.717, 1.165) is 18.7 Å². The van der Waals surface area contributed by atoms with E-state index in [9.17, 15) is 0 Å². The van der Waals surface area contributed by atoms with Crippen LogP contribution in [-0.4, -0.2) is 12.3 Å². The summed E-state index contributed by atoms with van der Waals surface area (Å²) in [5, 5.41) is 0. The van der Waals surface area contributed by atoms with Crippen LogP contribution < -0.4 is 0 Å². The van der Waals surface area contributed by atoms with Gasteiger partial charge in [0, 0.05) is 12.3 Å². The third-order valence-electron chi connectivity index (χ3n) is 1.02. The number of allylic oxidation sites excluding steroid dienone is 1. The van der Waals surface area contributed by atoms with Crippen LogP contribution in [0.1, 0.15) is 27.2 Å². The lowest BCUT2D eigenvalue weighted by Crippen LogP contribution is -1.92. The highest BCUT2D eigenvalue weighted by Crippen LogP contribution is 1.93. The molecule has 52 valence electrons. The summed E-state index contributed by atoms with van der Waals surface area (Å²) in [4.78, 5) is 4.16. The second kappa shape index (κ2) is 5.54. The molecule has 0 spiro atoms. The van der Waals surface area contributed by atoms with Crippen molar-refractivity contribution in [2.45, 2.75) is 27.2 Å². The summed E-state index contributed by atoms with van der Waals surface area (Å²) < 4.78 is 0. The lowest BCUT2D eigenvalue weighted by atomic mass is 10.2. The predicted octanol–water partition coefficient (Wildman–Crippen LogP) is 2.43. The maximum atomic E-state index is 4.16. The normalized spacial score (nSPS) is 15.7. The van der Waals surface area contributed by atoms with E-state index in [4.69, 9.17) is 0 Å². The van der Waals surface area contributed by atoms with Crippen molar-refractivity contribution in [2.24, 2.45) is 4.99 Å². The van der Waals surface area contributed by atoms with Gasteiger partial charge < -0.3 is 0 Å². The van der Waals surface area contributed by atoms with Crippen LogP contribution in [0.4, 0.5) is 0 Å². The lowest BCUT2D eigenvalue weighted by Gasteiger charge is -1.96. The molecule has 1 rings (SSSR count). The van der Waals surface area contributed by atoms with E-state index in [1.165, 1.54) is 0 Å². The van der Waals surface area contributed by atoms with Gasteiger partial charge in [0.1, 0.15) is 0 Å². The first-order valence-electron chi connectivity index (χ1n) is 3.57. The van der Waals surface area contributed by atoms with Crippen molar-refractivity contribution >= 4 is 5.71 Å². The first kappa shape index (κ1) is 8.41. The Labute approximate surface area is 57.5 Å². The van der Waals surface area contributed by atoms with E-state index in [1.807, 2.05) is 20.8 Å². The van der Waals surface area contributed by atoms with E-state index in [-0.39, 0.29) is 0 Å². The fourth-order valence-corrected chi connectivity index (χ4v) is 0.622. The van der Waals surface area contributed by atoms with Crippen LogP contribution in [0.3, 0.4) is 0 Å². The molecule has 9 heavy (non-hydrogen) atoms. The molecule has 0 aromatic rings. The topological polar surface area (TPSA) is 12.4 Å². The fourth-order valence-electron chi connectivity index (χ4n) is 0.622.